The van der Waals surface area contributed by atoms with Crippen LogP contribution >= 0.6 is 0 Å². The van der Waals surface area contributed by atoms with Crippen molar-refractivity contribution < 1.29 is 0 Å². The van der Waals surface area contributed by atoms with Gasteiger partial charge in [-0.15, -0.1) is 0 Å². The van der Waals surface area contributed by atoms with E-state index in [-0.39, 0.29) is 5.41 Å². The fourth-order valence-electron chi connectivity index (χ4n) is 11.4. The van der Waals surface area contributed by atoms with Crippen LogP contribution in [0.3, 0.4) is 0 Å². The third-order valence-corrected chi connectivity index (χ3v) is 14.7. The van der Waals surface area contributed by atoms with Gasteiger partial charge in [-0.25, -0.2) is 0 Å². The fourth-order valence-corrected chi connectivity index (χ4v) is 11.4. The maximum Gasteiger partial charge on any atom is 0.0547 e. The number of benzene rings is 10. The van der Waals surface area contributed by atoms with Crippen molar-refractivity contribution in [3.8, 4) is 39.1 Å². The number of anilines is 3. The van der Waals surface area contributed by atoms with Crippen molar-refractivity contribution in [3.05, 3.63) is 258 Å². The molecule has 0 radical (unpaired) electrons. The molecule has 10 aromatic carbocycles. The lowest BCUT2D eigenvalue weighted by Gasteiger charge is -2.29. The quantitative estimate of drug-likeness (QED) is 0.155. The Balaban J connectivity index is 0.956. The predicted octanol–water partition coefficient (Wildman–Crippen LogP) is 17.4. The molecule has 67 heavy (non-hydrogen) atoms. The molecule has 2 aliphatic rings. The molecule has 11 aromatic rings. The highest BCUT2D eigenvalue weighted by Crippen LogP contribution is 2.52. The van der Waals surface area contributed by atoms with Crippen LogP contribution in [0.5, 0.6) is 0 Å². The Morgan fingerprint density at radius 1 is 0.418 bits per heavy atom. The molecule has 0 saturated carbocycles. The minimum atomic E-state index is -0.198. The highest BCUT2D eigenvalue weighted by molar-refractivity contribution is 6.16. The van der Waals surface area contributed by atoms with Crippen LogP contribution in [0.4, 0.5) is 17.1 Å². The summed E-state index contributed by atoms with van der Waals surface area (Å²) in [4.78, 5) is 2.46. The molecule has 2 heteroatoms. The number of rotatable bonds is 7. The number of aryl methyl sites for hydroxylation is 1. The molecule has 2 aliphatic carbocycles. The van der Waals surface area contributed by atoms with Crippen molar-refractivity contribution in [2.45, 2.75) is 32.1 Å². The normalized spacial score (nSPS) is 13.6. The highest BCUT2D eigenvalue weighted by Gasteiger charge is 2.36. The van der Waals surface area contributed by atoms with E-state index in [1.807, 2.05) is 0 Å². The van der Waals surface area contributed by atoms with Gasteiger partial charge in [0, 0.05) is 38.9 Å². The van der Waals surface area contributed by atoms with E-state index in [1.54, 1.807) is 0 Å². The van der Waals surface area contributed by atoms with E-state index >= 15 is 0 Å². The topological polar surface area (TPSA) is 8.17 Å². The summed E-state index contributed by atoms with van der Waals surface area (Å²) in [5.41, 5.74) is 22.4. The molecular weight excluding hydrogens is 809 g/mol. The zero-order valence-corrected chi connectivity index (χ0v) is 37.7. The maximum absolute atomic E-state index is 2.46. The summed E-state index contributed by atoms with van der Waals surface area (Å²) in [6, 6.07) is 83.2. The zero-order chi connectivity index (χ0) is 44.6. The predicted molar refractivity (Wildman–Crippen MR) is 283 cm³/mol. The Morgan fingerprint density at radius 2 is 1.04 bits per heavy atom. The molecule has 1 heterocycles. The Hall–Kier alpha value is -8.20. The van der Waals surface area contributed by atoms with Crippen molar-refractivity contribution in [1.82, 2.24) is 4.57 Å². The first-order valence-corrected chi connectivity index (χ1v) is 23.6. The smallest absolute Gasteiger partial charge is 0.0547 e. The third-order valence-electron chi connectivity index (χ3n) is 14.7. The summed E-state index contributed by atoms with van der Waals surface area (Å²) in [5.74, 6) is 0. The molecule has 0 atom stereocenters. The Morgan fingerprint density at radius 3 is 1.88 bits per heavy atom. The standard InChI is InChI=1S/C65H48N2/c1-65(2)60-41-46(43-16-5-3-6-17-43)33-38-57(60)58-39-36-51(42-61(58)65)66(49-34-30-45(31-35-49)53-25-14-27-55-52-23-10-9-18-44(52)32-37-56(53)55)50-22-13-19-47(40-50)54-26-15-29-63-64(54)59-24-11-12-28-62(59)67(63)48-20-7-4-8-21-48/h3-13,15-26,28-42H,14,27H2,1-2H3. The lowest BCUT2D eigenvalue weighted by Crippen LogP contribution is -2.16. The second kappa shape index (κ2) is 15.5. The van der Waals surface area contributed by atoms with Crippen LogP contribution < -0.4 is 4.90 Å². The van der Waals surface area contributed by atoms with Crippen molar-refractivity contribution >= 4 is 55.2 Å². The van der Waals surface area contributed by atoms with E-state index in [9.17, 15) is 0 Å². The minimum absolute atomic E-state index is 0.198. The molecular formula is C65H48N2. The van der Waals surface area contributed by atoms with Gasteiger partial charge < -0.3 is 9.47 Å². The minimum Gasteiger partial charge on any atom is -0.310 e. The summed E-state index contributed by atoms with van der Waals surface area (Å²) in [5, 5.41) is 5.19. The van der Waals surface area contributed by atoms with E-state index in [0.29, 0.717) is 0 Å². The molecule has 0 fully saturated rings. The average molecular weight is 857 g/mol. The van der Waals surface area contributed by atoms with Gasteiger partial charge in [-0.1, -0.05) is 178 Å². The Kier molecular flexibility index (Phi) is 9.05. The molecule has 0 N–H and O–H groups in total. The van der Waals surface area contributed by atoms with Crippen molar-refractivity contribution in [2.75, 3.05) is 4.90 Å². The second-order valence-corrected chi connectivity index (χ2v) is 18.8. The van der Waals surface area contributed by atoms with Gasteiger partial charge in [-0.2, -0.15) is 0 Å². The monoisotopic (exact) mass is 856 g/mol. The Labute approximate surface area is 392 Å². The van der Waals surface area contributed by atoms with E-state index in [1.165, 1.54) is 99.3 Å². The average Bonchev–Trinajstić information content (AvgIpc) is 3.85. The highest BCUT2D eigenvalue weighted by atomic mass is 15.1. The molecule has 0 saturated heterocycles. The molecule has 1 aromatic heterocycles. The number of para-hydroxylation sites is 2. The maximum atomic E-state index is 2.46. The fraction of sp³-hybridized carbons (Fsp3) is 0.0769. The first kappa shape index (κ1) is 39.2. The van der Waals surface area contributed by atoms with E-state index in [2.05, 4.69) is 254 Å². The SMILES string of the molecule is CC1(C)c2cc(-c3ccccc3)ccc2-c2ccc(N(c3ccc(C4=CCCc5c4ccc4ccccc54)cc3)c3cccc(-c4cccc5c4c4ccccc4n5-c4ccccc4)c3)cc21. The van der Waals surface area contributed by atoms with Crippen molar-refractivity contribution in [3.63, 3.8) is 0 Å². The van der Waals surface area contributed by atoms with Gasteiger partial charge >= 0.3 is 0 Å². The zero-order valence-electron chi connectivity index (χ0n) is 37.7. The van der Waals surface area contributed by atoms with Crippen LogP contribution in [-0.4, -0.2) is 4.57 Å². The molecule has 0 unspecified atom stereocenters. The number of hydrogen-bond acceptors (Lipinski definition) is 1. The summed E-state index contributed by atoms with van der Waals surface area (Å²) in [7, 11) is 0. The van der Waals surface area contributed by atoms with Crippen LogP contribution in [0.25, 0.3) is 77.2 Å². The van der Waals surface area contributed by atoms with Crippen LogP contribution in [0.1, 0.15) is 48.1 Å². The van der Waals surface area contributed by atoms with Crippen molar-refractivity contribution in [1.29, 1.82) is 0 Å². The number of fused-ring (bicyclic) bond motifs is 9. The van der Waals surface area contributed by atoms with E-state index in [0.717, 1.165) is 35.6 Å². The summed E-state index contributed by atoms with van der Waals surface area (Å²) in [6.45, 7) is 4.78. The number of aromatic nitrogens is 1. The molecule has 0 amide bonds. The molecule has 0 bridgehead atoms. The van der Waals surface area contributed by atoms with Crippen LogP contribution in [-0.2, 0) is 11.8 Å². The van der Waals surface area contributed by atoms with Gasteiger partial charge in [0.15, 0.2) is 0 Å². The second-order valence-electron chi connectivity index (χ2n) is 18.8. The summed E-state index contributed by atoms with van der Waals surface area (Å²) < 4.78 is 2.40. The summed E-state index contributed by atoms with van der Waals surface area (Å²) in [6.07, 6.45) is 4.54. The largest absolute Gasteiger partial charge is 0.310 e. The number of nitrogens with zero attached hydrogens (tertiary/aromatic N) is 2. The van der Waals surface area contributed by atoms with Gasteiger partial charge in [0.05, 0.1) is 11.0 Å². The van der Waals surface area contributed by atoms with Gasteiger partial charge in [-0.3, -0.25) is 0 Å². The number of allylic oxidation sites excluding steroid dienone is 1. The Bertz CT molecular complexity index is 3760. The summed E-state index contributed by atoms with van der Waals surface area (Å²) >= 11 is 0. The van der Waals surface area contributed by atoms with Crippen LogP contribution in [0.2, 0.25) is 0 Å². The van der Waals surface area contributed by atoms with Gasteiger partial charge in [0.25, 0.3) is 0 Å². The van der Waals surface area contributed by atoms with Crippen LogP contribution in [0, 0.1) is 0 Å². The molecule has 0 spiro atoms. The molecule has 0 aliphatic heterocycles. The van der Waals surface area contributed by atoms with Gasteiger partial charge in [0.1, 0.15) is 0 Å². The lowest BCUT2D eigenvalue weighted by molar-refractivity contribution is 0.660. The van der Waals surface area contributed by atoms with Gasteiger partial charge in [-0.05, 0) is 157 Å². The lowest BCUT2D eigenvalue weighted by atomic mass is 9.81. The first-order chi connectivity index (χ1) is 33.0. The van der Waals surface area contributed by atoms with Crippen LogP contribution in [0.15, 0.2) is 231 Å². The number of hydrogen-bond donors (Lipinski definition) is 0. The van der Waals surface area contributed by atoms with Gasteiger partial charge in [0.2, 0.25) is 0 Å². The van der Waals surface area contributed by atoms with E-state index in [4.69, 9.17) is 0 Å². The molecule has 13 rings (SSSR count). The molecule has 318 valence electrons. The molecule has 2 nitrogen and oxygen atoms in total. The first-order valence-electron chi connectivity index (χ1n) is 23.6. The van der Waals surface area contributed by atoms with Crippen molar-refractivity contribution in [2.24, 2.45) is 0 Å². The third kappa shape index (κ3) is 6.32. The van der Waals surface area contributed by atoms with E-state index < -0.39 is 0 Å².